The Morgan fingerprint density at radius 2 is 2.05 bits per heavy atom. The van der Waals surface area contributed by atoms with Crippen molar-refractivity contribution in [3.05, 3.63) is 71.2 Å². The topological polar surface area (TPSA) is 22.0 Å². The summed E-state index contributed by atoms with van der Waals surface area (Å²) in [4.78, 5) is 11.2. The molecule has 3 rings (SSSR count). The van der Waals surface area contributed by atoms with Gasteiger partial charge >= 0.3 is 0 Å². The summed E-state index contributed by atoms with van der Waals surface area (Å²) in [6, 6.07) is 12.4. The number of rotatable bonds is 3. The Morgan fingerprint density at radius 3 is 2.80 bits per heavy atom. The van der Waals surface area contributed by atoms with Gasteiger partial charge in [0, 0.05) is 23.7 Å². The van der Waals surface area contributed by atoms with Crippen LogP contribution in [0.1, 0.15) is 21.5 Å². The fourth-order valence-electron chi connectivity index (χ4n) is 2.54. The lowest BCUT2D eigenvalue weighted by Crippen LogP contribution is -2.02. The first-order valence-corrected chi connectivity index (χ1v) is 6.47. The Kier molecular flexibility index (Phi) is 3.11. The lowest BCUT2D eigenvalue weighted by Gasteiger charge is -2.10. The first-order chi connectivity index (χ1) is 9.69. The van der Waals surface area contributed by atoms with Crippen LogP contribution in [-0.4, -0.2) is 10.9 Å². The summed E-state index contributed by atoms with van der Waals surface area (Å²) in [5, 5.41) is 1.04. The molecule has 20 heavy (non-hydrogen) atoms. The van der Waals surface area contributed by atoms with Crippen molar-refractivity contribution in [2.75, 3.05) is 0 Å². The molecule has 0 aliphatic rings. The van der Waals surface area contributed by atoms with Gasteiger partial charge in [0.1, 0.15) is 5.82 Å². The van der Waals surface area contributed by atoms with Crippen LogP contribution in [0.25, 0.3) is 10.9 Å². The van der Waals surface area contributed by atoms with Gasteiger partial charge in [0.25, 0.3) is 0 Å². The van der Waals surface area contributed by atoms with Gasteiger partial charge in [-0.1, -0.05) is 18.2 Å². The second-order valence-corrected chi connectivity index (χ2v) is 4.92. The molecular weight excluding hydrogens is 253 g/mol. The van der Waals surface area contributed by atoms with Gasteiger partial charge in [-0.15, -0.1) is 0 Å². The predicted octanol–water partition coefficient (Wildman–Crippen LogP) is 3.95. The molecular formula is C17H14FNO. The van der Waals surface area contributed by atoms with Gasteiger partial charge in [-0.2, -0.15) is 0 Å². The van der Waals surface area contributed by atoms with E-state index in [1.807, 2.05) is 42.0 Å². The van der Waals surface area contributed by atoms with Crippen LogP contribution >= 0.6 is 0 Å². The Bertz CT molecular complexity index is 789. The number of aldehydes is 1. The SMILES string of the molecule is Cc1cc(F)ccc1Cn1ccc2cccc(C=O)c21. The largest absolute Gasteiger partial charge is 0.342 e. The van der Waals surface area contributed by atoms with Crippen molar-refractivity contribution < 1.29 is 9.18 Å². The number of hydrogen-bond acceptors (Lipinski definition) is 1. The number of aromatic nitrogens is 1. The fourth-order valence-corrected chi connectivity index (χ4v) is 2.54. The van der Waals surface area contributed by atoms with Gasteiger partial charge in [0.15, 0.2) is 6.29 Å². The van der Waals surface area contributed by atoms with E-state index >= 15 is 0 Å². The van der Waals surface area contributed by atoms with E-state index in [4.69, 9.17) is 0 Å². The molecule has 3 heteroatoms. The first-order valence-electron chi connectivity index (χ1n) is 6.47. The third kappa shape index (κ3) is 2.11. The van der Waals surface area contributed by atoms with Crippen LogP contribution in [0.15, 0.2) is 48.7 Å². The van der Waals surface area contributed by atoms with Gasteiger partial charge < -0.3 is 4.57 Å². The zero-order chi connectivity index (χ0) is 14.1. The number of para-hydroxylation sites is 1. The van der Waals surface area contributed by atoms with Gasteiger partial charge in [-0.25, -0.2) is 4.39 Å². The van der Waals surface area contributed by atoms with Crippen LogP contribution in [-0.2, 0) is 6.54 Å². The predicted molar refractivity (Wildman–Crippen MR) is 77.6 cm³/mol. The highest BCUT2D eigenvalue weighted by atomic mass is 19.1. The minimum atomic E-state index is -0.225. The van der Waals surface area contributed by atoms with Crippen LogP contribution in [0, 0.1) is 12.7 Å². The third-order valence-electron chi connectivity index (χ3n) is 3.59. The Hall–Kier alpha value is -2.42. The second kappa shape index (κ2) is 4.93. The van der Waals surface area contributed by atoms with Crippen molar-refractivity contribution in [3.63, 3.8) is 0 Å². The van der Waals surface area contributed by atoms with E-state index in [0.717, 1.165) is 28.3 Å². The third-order valence-corrected chi connectivity index (χ3v) is 3.59. The summed E-state index contributed by atoms with van der Waals surface area (Å²) in [5.74, 6) is -0.225. The number of carbonyl (C=O) groups excluding carboxylic acids is 1. The van der Waals surface area contributed by atoms with Crippen molar-refractivity contribution in [3.8, 4) is 0 Å². The Morgan fingerprint density at radius 1 is 1.20 bits per heavy atom. The van der Waals surface area contributed by atoms with Crippen LogP contribution in [0.3, 0.4) is 0 Å². The van der Waals surface area contributed by atoms with E-state index in [-0.39, 0.29) is 5.82 Å². The summed E-state index contributed by atoms with van der Waals surface area (Å²) < 4.78 is 15.2. The number of carbonyl (C=O) groups is 1. The molecule has 0 saturated heterocycles. The molecule has 0 saturated carbocycles. The number of hydrogen-bond donors (Lipinski definition) is 0. The first kappa shape index (κ1) is 12.6. The molecule has 0 radical (unpaired) electrons. The summed E-state index contributed by atoms with van der Waals surface area (Å²) >= 11 is 0. The zero-order valence-electron chi connectivity index (χ0n) is 11.1. The molecule has 0 N–H and O–H groups in total. The zero-order valence-corrected chi connectivity index (χ0v) is 11.1. The fraction of sp³-hybridized carbons (Fsp3) is 0.118. The average Bonchev–Trinajstić information content (AvgIpc) is 2.85. The minimum Gasteiger partial charge on any atom is -0.342 e. The van der Waals surface area contributed by atoms with Crippen molar-refractivity contribution in [1.82, 2.24) is 4.57 Å². The summed E-state index contributed by atoms with van der Waals surface area (Å²) in [6.07, 6.45) is 2.83. The number of benzene rings is 2. The van der Waals surface area contributed by atoms with Crippen LogP contribution in [0.2, 0.25) is 0 Å². The molecule has 1 aromatic heterocycles. The van der Waals surface area contributed by atoms with E-state index in [0.29, 0.717) is 12.1 Å². The summed E-state index contributed by atoms with van der Waals surface area (Å²) in [5.41, 5.74) is 3.55. The van der Waals surface area contributed by atoms with Crippen LogP contribution in [0.4, 0.5) is 4.39 Å². The maximum absolute atomic E-state index is 13.1. The Balaban J connectivity index is 2.09. The summed E-state index contributed by atoms with van der Waals surface area (Å²) in [7, 11) is 0. The standard InChI is InChI=1S/C17H14FNO/c1-12-9-16(18)6-5-14(12)10-19-8-7-13-3-2-4-15(11-20)17(13)19/h2-9,11H,10H2,1H3. The molecule has 0 unspecified atom stereocenters. The van der Waals surface area contributed by atoms with Gasteiger partial charge in [-0.3, -0.25) is 4.79 Å². The van der Waals surface area contributed by atoms with E-state index < -0.39 is 0 Å². The number of aryl methyl sites for hydroxylation is 1. The highest BCUT2D eigenvalue weighted by Crippen LogP contribution is 2.21. The van der Waals surface area contributed by atoms with Crippen LogP contribution in [0.5, 0.6) is 0 Å². The maximum Gasteiger partial charge on any atom is 0.152 e. The molecule has 0 amide bonds. The monoisotopic (exact) mass is 267 g/mol. The highest BCUT2D eigenvalue weighted by Gasteiger charge is 2.08. The van der Waals surface area contributed by atoms with E-state index in [1.54, 1.807) is 6.07 Å². The van der Waals surface area contributed by atoms with Crippen molar-refractivity contribution in [2.45, 2.75) is 13.5 Å². The van der Waals surface area contributed by atoms with Crippen molar-refractivity contribution >= 4 is 17.2 Å². The highest BCUT2D eigenvalue weighted by molar-refractivity contribution is 5.96. The van der Waals surface area contributed by atoms with Crippen molar-refractivity contribution in [1.29, 1.82) is 0 Å². The van der Waals surface area contributed by atoms with Gasteiger partial charge in [-0.05, 0) is 42.3 Å². The molecule has 2 aromatic carbocycles. The van der Waals surface area contributed by atoms with E-state index in [2.05, 4.69) is 0 Å². The summed E-state index contributed by atoms with van der Waals surface area (Å²) in [6.45, 7) is 2.52. The smallest absolute Gasteiger partial charge is 0.152 e. The van der Waals surface area contributed by atoms with E-state index in [9.17, 15) is 9.18 Å². The quantitative estimate of drug-likeness (QED) is 0.659. The van der Waals surface area contributed by atoms with Crippen molar-refractivity contribution in [2.24, 2.45) is 0 Å². The molecule has 3 aromatic rings. The second-order valence-electron chi connectivity index (χ2n) is 4.92. The molecule has 0 bridgehead atoms. The molecule has 0 aliphatic heterocycles. The van der Waals surface area contributed by atoms with Gasteiger partial charge in [0.2, 0.25) is 0 Å². The normalized spacial score (nSPS) is 10.9. The van der Waals surface area contributed by atoms with E-state index in [1.165, 1.54) is 12.1 Å². The minimum absolute atomic E-state index is 0.225. The number of halogens is 1. The van der Waals surface area contributed by atoms with Gasteiger partial charge in [0.05, 0.1) is 5.52 Å². The lowest BCUT2D eigenvalue weighted by molar-refractivity contribution is 0.112. The molecule has 0 atom stereocenters. The molecule has 0 aliphatic carbocycles. The lowest BCUT2D eigenvalue weighted by atomic mass is 10.1. The molecule has 1 heterocycles. The number of nitrogens with zero attached hydrogens (tertiary/aromatic N) is 1. The van der Waals surface area contributed by atoms with Crippen LogP contribution < -0.4 is 0 Å². The average molecular weight is 267 g/mol. The maximum atomic E-state index is 13.1. The molecule has 100 valence electrons. The molecule has 0 spiro atoms. The molecule has 0 fully saturated rings. The molecule has 2 nitrogen and oxygen atoms in total. The Labute approximate surface area is 116 Å². The number of fused-ring (bicyclic) bond motifs is 1.